The zero-order valence-corrected chi connectivity index (χ0v) is 20.1. The first-order valence-corrected chi connectivity index (χ1v) is 11.2. The maximum Gasteiger partial charge on any atom is 0.335 e. The highest BCUT2D eigenvalue weighted by molar-refractivity contribution is 6.32. The number of hydrogen-bond acceptors (Lipinski definition) is 5. The van der Waals surface area contributed by atoms with Crippen molar-refractivity contribution in [1.82, 2.24) is 0 Å². The highest BCUT2D eigenvalue weighted by Crippen LogP contribution is 2.38. The number of carbonyl (C=O) groups is 2. The van der Waals surface area contributed by atoms with Gasteiger partial charge in [-0.25, -0.2) is 4.79 Å². The van der Waals surface area contributed by atoms with Crippen LogP contribution >= 0.6 is 23.2 Å². The van der Waals surface area contributed by atoms with Crippen molar-refractivity contribution >= 4 is 46.8 Å². The molecule has 0 aliphatic carbocycles. The van der Waals surface area contributed by atoms with Crippen LogP contribution in [0.3, 0.4) is 0 Å². The molecule has 0 heterocycles. The number of aromatic carboxylic acids is 1. The van der Waals surface area contributed by atoms with Crippen molar-refractivity contribution in [1.29, 1.82) is 5.26 Å². The molecule has 2 N–H and O–H groups in total. The molecule has 0 aliphatic rings. The molecule has 0 saturated carbocycles. The van der Waals surface area contributed by atoms with Gasteiger partial charge in [0.25, 0.3) is 5.91 Å². The Balaban J connectivity index is 1.84. The lowest BCUT2D eigenvalue weighted by Gasteiger charge is -2.15. The quantitative estimate of drug-likeness (QED) is 0.261. The molecule has 178 valence electrons. The average molecular weight is 511 g/mol. The lowest BCUT2D eigenvalue weighted by molar-refractivity contribution is -0.112. The largest absolute Gasteiger partial charge is 0.490 e. The molecule has 0 saturated heterocycles. The minimum absolute atomic E-state index is 0.00705. The number of carboxylic acids is 1. The van der Waals surface area contributed by atoms with E-state index in [1.54, 1.807) is 31.2 Å². The number of halogens is 2. The fourth-order valence-electron chi connectivity index (χ4n) is 3.05. The van der Waals surface area contributed by atoms with Crippen molar-refractivity contribution in [2.75, 3.05) is 11.9 Å². The van der Waals surface area contributed by atoms with Crippen molar-refractivity contribution in [3.05, 3.63) is 93.0 Å². The van der Waals surface area contributed by atoms with Crippen LogP contribution in [0.1, 0.15) is 28.4 Å². The summed E-state index contributed by atoms with van der Waals surface area (Å²) in [6.07, 6.45) is 1.35. The number of carbonyl (C=O) groups excluding carboxylic acids is 1. The Morgan fingerprint density at radius 2 is 1.83 bits per heavy atom. The van der Waals surface area contributed by atoms with Gasteiger partial charge in [-0.3, -0.25) is 4.79 Å². The first-order chi connectivity index (χ1) is 16.8. The van der Waals surface area contributed by atoms with Crippen LogP contribution in [0, 0.1) is 11.3 Å². The number of amides is 1. The van der Waals surface area contributed by atoms with Gasteiger partial charge in [0.15, 0.2) is 11.5 Å². The number of rotatable bonds is 9. The Labute approximate surface area is 212 Å². The molecular weight excluding hydrogens is 491 g/mol. The van der Waals surface area contributed by atoms with Gasteiger partial charge in [0, 0.05) is 10.7 Å². The van der Waals surface area contributed by atoms with E-state index in [0.29, 0.717) is 28.7 Å². The molecule has 3 aromatic rings. The van der Waals surface area contributed by atoms with Gasteiger partial charge in [-0.2, -0.15) is 5.26 Å². The molecular formula is C26H20Cl2N2O5. The topological polar surface area (TPSA) is 109 Å². The summed E-state index contributed by atoms with van der Waals surface area (Å²) in [7, 11) is 0. The molecule has 0 radical (unpaired) electrons. The third-order valence-electron chi connectivity index (χ3n) is 4.67. The van der Waals surface area contributed by atoms with E-state index in [4.69, 9.17) is 37.8 Å². The molecule has 0 unspecified atom stereocenters. The number of ether oxygens (including phenoxy) is 2. The van der Waals surface area contributed by atoms with Crippen LogP contribution in [0.15, 0.2) is 66.2 Å². The predicted molar refractivity (Wildman–Crippen MR) is 134 cm³/mol. The van der Waals surface area contributed by atoms with Gasteiger partial charge in [-0.1, -0.05) is 41.4 Å². The predicted octanol–water partition coefficient (Wildman–Crippen LogP) is 6.21. The summed E-state index contributed by atoms with van der Waals surface area (Å²) in [5.74, 6) is -1.15. The molecule has 0 bridgehead atoms. The van der Waals surface area contributed by atoms with E-state index < -0.39 is 11.9 Å². The Bertz CT molecular complexity index is 1310. The molecule has 3 aromatic carbocycles. The Hall–Kier alpha value is -3.99. The normalized spacial score (nSPS) is 10.9. The van der Waals surface area contributed by atoms with E-state index in [1.807, 2.05) is 18.2 Å². The number of benzene rings is 3. The fourth-order valence-corrected chi connectivity index (χ4v) is 3.45. The third kappa shape index (κ3) is 7.00. The first kappa shape index (κ1) is 25.6. The van der Waals surface area contributed by atoms with E-state index in [0.717, 1.165) is 5.56 Å². The van der Waals surface area contributed by atoms with Gasteiger partial charge < -0.3 is 19.9 Å². The Morgan fingerprint density at radius 3 is 2.49 bits per heavy atom. The minimum Gasteiger partial charge on any atom is -0.490 e. The van der Waals surface area contributed by atoms with Crippen molar-refractivity contribution in [3.8, 4) is 17.6 Å². The molecule has 0 fully saturated rings. The van der Waals surface area contributed by atoms with E-state index in [1.165, 1.54) is 30.3 Å². The maximum absolute atomic E-state index is 12.6. The van der Waals surface area contributed by atoms with Crippen molar-refractivity contribution in [2.45, 2.75) is 13.5 Å². The van der Waals surface area contributed by atoms with Crippen LogP contribution in [0.25, 0.3) is 6.08 Å². The Kier molecular flexibility index (Phi) is 8.74. The van der Waals surface area contributed by atoms with Crippen molar-refractivity contribution < 1.29 is 24.2 Å². The third-order valence-corrected chi connectivity index (χ3v) is 5.20. The maximum atomic E-state index is 12.6. The summed E-state index contributed by atoms with van der Waals surface area (Å²) in [5.41, 5.74) is 1.37. The van der Waals surface area contributed by atoms with Gasteiger partial charge >= 0.3 is 5.97 Å². The van der Waals surface area contributed by atoms with Gasteiger partial charge in [-0.15, -0.1) is 0 Å². The second kappa shape index (κ2) is 11.9. The molecule has 3 rings (SSSR count). The summed E-state index contributed by atoms with van der Waals surface area (Å²) in [6.45, 7) is 2.37. The average Bonchev–Trinajstić information content (AvgIpc) is 2.83. The summed E-state index contributed by atoms with van der Waals surface area (Å²) in [5, 5.41) is 22.0. The molecule has 0 spiro atoms. The zero-order valence-electron chi connectivity index (χ0n) is 18.5. The number of carboxylic acid groups (broad SMARTS) is 1. The lowest BCUT2D eigenvalue weighted by atomic mass is 10.1. The fraction of sp³-hybridized carbons (Fsp3) is 0.115. The Morgan fingerprint density at radius 1 is 1.09 bits per heavy atom. The second-order valence-electron chi connectivity index (χ2n) is 7.19. The van der Waals surface area contributed by atoms with Crippen LogP contribution in [-0.4, -0.2) is 23.6 Å². The molecule has 0 aromatic heterocycles. The molecule has 1 amide bonds. The smallest absolute Gasteiger partial charge is 0.335 e. The number of nitrogens with zero attached hydrogens (tertiary/aromatic N) is 1. The van der Waals surface area contributed by atoms with E-state index in [9.17, 15) is 14.9 Å². The lowest BCUT2D eigenvalue weighted by Crippen LogP contribution is -2.14. The van der Waals surface area contributed by atoms with Crippen LogP contribution in [-0.2, 0) is 11.4 Å². The minimum atomic E-state index is -1.13. The number of nitrogens with one attached hydrogen (secondary N) is 1. The van der Waals surface area contributed by atoms with Crippen molar-refractivity contribution in [3.63, 3.8) is 0 Å². The monoisotopic (exact) mass is 510 g/mol. The highest BCUT2D eigenvalue weighted by atomic mass is 35.5. The number of anilines is 1. The summed E-state index contributed by atoms with van der Waals surface area (Å²) in [6, 6.07) is 17.9. The second-order valence-corrected chi connectivity index (χ2v) is 8.03. The van der Waals surface area contributed by atoms with Crippen LogP contribution in [0.5, 0.6) is 11.5 Å². The first-order valence-electron chi connectivity index (χ1n) is 10.4. The molecule has 7 nitrogen and oxygen atoms in total. The van der Waals surface area contributed by atoms with Crippen molar-refractivity contribution in [2.24, 2.45) is 0 Å². The van der Waals surface area contributed by atoms with Gasteiger partial charge in [-0.05, 0) is 66.6 Å². The SMILES string of the molecule is CCOc1cc(/C=C(/C#N)C(=O)Nc2cccc(C(=O)O)c2)cc(Cl)c1OCc1ccc(Cl)cc1. The summed E-state index contributed by atoms with van der Waals surface area (Å²) < 4.78 is 11.6. The standard InChI is InChI=1S/C26H20Cl2N2O5/c1-2-34-23-12-17(11-22(28)24(23)35-15-16-6-8-20(27)9-7-16)10-19(14-29)25(31)30-21-5-3-4-18(13-21)26(32)33/h3-13H,2,15H2,1H3,(H,30,31)(H,32,33)/b19-10-. The van der Waals surface area contributed by atoms with Gasteiger partial charge in [0.1, 0.15) is 18.2 Å². The summed E-state index contributed by atoms with van der Waals surface area (Å²) >= 11 is 12.4. The molecule has 35 heavy (non-hydrogen) atoms. The van der Waals surface area contributed by atoms with E-state index in [-0.39, 0.29) is 28.5 Å². The summed E-state index contributed by atoms with van der Waals surface area (Å²) in [4.78, 5) is 23.8. The van der Waals surface area contributed by atoms with Gasteiger partial charge in [0.05, 0.1) is 17.2 Å². The van der Waals surface area contributed by atoms with Crippen LogP contribution in [0.4, 0.5) is 5.69 Å². The zero-order chi connectivity index (χ0) is 25.4. The van der Waals surface area contributed by atoms with Crippen LogP contribution in [0.2, 0.25) is 10.0 Å². The van der Waals surface area contributed by atoms with Crippen LogP contribution < -0.4 is 14.8 Å². The molecule has 9 heteroatoms. The number of nitriles is 1. The molecule has 0 atom stereocenters. The van der Waals surface area contributed by atoms with E-state index >= 15 is 0 Å². The van der Waals surface area contributed by atoms with E-state index in [2.05, 4.69) is 5.32 Å². The number of hydrogen-bond donors (Lipinski definition) is 2. The molecule has 0 aliphatic heterocycles. The highest BCUT2D eigenvalue weighted by Gasteiger charge is 2.15. The van der Waals surface area contributed by atoms with Gasteiger partial charge in [0.2, 0.25) is 0 Å².